The number of rotatable bonds is 10. The molecule has 0 amide bonds. The van der Waals surface area contributed by atoms with Crippen LogP contribution in [0.5, 0.6) is 11.5 Å². The Morgan fingerprint density at radius 1 is 1.28 bits per heavy atom. The lowest BCUT2D eigenvalue weighted by molar-refractivity contribution is -0.143. The zero-order valence-electron chi connectivity index (χ0n) is 19.3. The number of nitrogens with one attached hydrogen (secondary N) is 1. The molecule has 8 heteroatoms. The van der Waals surface area contributed by atoms with Crippen molar-refractivity contribution in [2.45, 2.75) is 46.1 Å². The number of aromatic hydroxyl groups is 1. The number of benzene rings is 1. The van der Waals surface area contributed by atoms with Gasteiger partial charge in [-0.15, -0.1) is 0 Å². The van der Waals surface area contributed by atoms with E-state index < -0.39 is 5.97 Å². The van der Waals surface area contributed by atoms with Crippen LogP contribution in [0.4, 0.5) is 0 Å². The lowest BCUT2D eigenvalue weighted by atomic mass is 9.94. The predicted octanol–water partition coefficient (Wildman–Crippen LogP) is 2.49. The van der Waals surface area contributed by atoms with E-state index >= 15 is 0 Å². The molecule has 0 aliphatic carbocycles. The van der Waals surface area contributed by atoms with Gasteiger partial charge in [-0.2, -0.15) is 0 Å². The van der Waals surface area contributed by atoms with Crippen LogP contribution < -0.4 is 10.1 Å². The molecule has 0 unspecified atom stereocenters. The van der Waals surface area contributed by atoms with Gasteiger partial charge >= 0.3 is 11.9 Å². The average molecular weight is 447 g/mol. The van der Waals surface area contributed by atoms with Crippen LogP contribution in [0.15, 0.2) is 11.6 Å². The second-order valence-electron chi connectivity index (χ2n) is 8.34. The zero-order chi connectivity index (χ0) is 23.1. The number of phenols is 1. The maximum atomic E-state index is 12.1. The summed E-state index contributed by atoms with van der Waals surface area (Å²) < 4.78 is 15.9. The number of phenolic OH excluding ortho intramolecular Hbond substituents is 1. The Morgan fingerprint density at radius 2 is 2.03 bits per heavy atom. The van der Waals surface area contributed by atoms with Crippen LogP contribution in [-0.4, -0.2) is 68.4 Å². The highest BCUT2D eigenvalue weighted by molar-refractivity contribution is 5.98. The largest absolute Gasteiger partial charge is 0.507 e. The minimum Gasteiger partial charge on any atom is -0.507 e. The van der Waals surface area contributed by atoms with Gasteiger partial charge in [-0.1, -0.05) is 11.6 Å². The van der Waals surface area contributed by atoms with Crippen LogP contribution in [0.25, 0.3) is 0 Å². The summed E-state index contributed by atoms with van der Waals surface area (Å²) >= 11 is 0. The first-order valence-corrected chi connectivity index (χ1v) is 11.2. The summed E-state index contributed by atoms with van der Waals surface area (Å²) in [5, 5.41) is 14.0. The van der Waals surface area contributed by atoms with Crippen molar-refractivity contribution < 1.29 is 28.9 Å². The maximum Gasteiger partial charge on any atom is 0.342 e. The van der Waals surface area contributed by atoms with Gasteiger partial charge in [0.2, 0.25) is 0 Å². The van der Waals surface area contributed by atoms with E-state index in [0.29, 0.717) is 42.7 Å². The number of piperazine rings is 1. The van der Waals surface area contributed by atoms with Crippen LogP contribution in [-0.2, 0) is 27.3 Å². The molecule has 2 N–H and O–H groups in total. The second kappa shape index (κ2) is 11.3. The predicted molar refractivity (Wildman–Crippen MR) is 120 cm³/mol. The number of hydrogen-bond donors (Lipinski definition) is 2. The van der Waals surface area contributed by atoms with Gasteiger partial charge in [0, 0.05) is 50.3 Å². The van der Waals surface area contributed by atoms with Crippen molar-refractivity contribution in [3.8, 4) is 11.5 Å². The number of allylic oxidation sites excluding steroid dienone is 2. The highest BCUT2D eigenvalue weighted by atomic mass is 16.5. The van der Waals surface area contributed by atoms with Crippen molar-refractivity contribution >= 4 is 11.9 Å². The Bertz CT molecular complexity index is 874. The number of cyclic esters (lactones) is 1. The minimum absolute atomic E-state index is 0.0853. The Hall–Kier alpha value is -2.58. The monoisotopic (exact) mass is 446 g/mol. The summed E-state index contributed by atoms with van der Waals surface area (Å²) in [6.45, 7) is 9.47. The van der Waals surface area contributed by atoms with E-state index in [2.05, 4.69) is 10.2 Å². The topological polar surface area (TPSA) is 97.3 Å². The average Bonchev–Trinajstić information content (AvgIpc) is 3.19. The van der Waals surface area contributed by atoms with E-state index in [1.807, 2.05) is 19.9 Å². The standard InChI is InChI=1S/C24H34N2O6/c1-16(6-8-20(27)31-14-4-11-26-12-9-25-10-13-26)5-7-18-22(28)21-19(15-32-24(21)29)17(2)23(18)30-3/h5,25,28H,4,6-15H2,1-3H3. The van der Waals surface area contributed by atoms with Crippen molar-refractivity contribution in [2.75, 3.05) is 46.4 Å². The number of carbonyl (C=O) groups excluding carboxylic acids is 2. The Kier molecular flexibility index (Phi) is 8.53. The third-order valence-corrected chi connectivity index (χ3v) is 6.12. The molecule has 2 heterocycles. The maximum absolute atomic E-state index is 12.1. The van der Waals surface area contributed by atoms with Gasteiger partial charge in [0.05, 0.1) is 13.7 Å². The smallest absolute Gasteiger partial charge is 0.342 e. The molecule has 176 valence electrons. The number of methoxy groups -OCH3 is 1. The molecule has 0 aromatic heterocycles. The van der Waals surface area contributed by atoms with E-state index in [-0.39, 0.29) is 23.9 Å². The molecule has 0 atom stereocenters. The molecule has 0 bridgehead atoms. The number of esters is 2. The normalized spacial score (nSPS) is 16.6. The number of ether oxygens (including phenoxy) is 3. The third-order valence-electron chi connectivity index (χ3n) is 6.12. The van der Waals surface area contributed by atoms with Gasteiger partial charge in [0.25, 0.3) is 0 Å². The fourth-order valence-electron chi connectivity index (χ4n) is 4.19. The summed E-state index contributed by atoms with van der Waals surface area (Å²) in [6.07, 6.45) is 4.07. The minimum atomic E-state index is -0.509. The molecule has 8 nitrogen and oxygen atoms in total. The molecule has 1 aromatic rings. The van der Waals surface area contributed by atoms with Crippen molar-refractivity contribution in [3.63, 3.8) is 0 Å². The highest BCUT2D eigenvalue weighted by Gasteiger charge is 2.31. The van der Waals surface area contributed by atoms with Gasteiger partial charge in [-0.25, -0.2) is 4.79 Å². The SMILES string of the molecule is COc1c(C)c2c(c(O)c1CC=C(C)CCC(=O)OCCCN1CCNCC1)C(=O)OC2. The van der Waals surface area contributed by atoms with Gasteiger partial charge < -0.3 is 29.5 Å². The van der Waals surface area contributed by atoms with E-state index in [4.69, 9.17) is 14.2 Å². The number of nitrogens with zero attached hydrogens (tertiary/aromatic N) is 1. The van der Waals surface area contributed by atoms with Crippen LogP contribution in [0.3, 0.4) is 0 Å². The molecule has 2 aliphatic heterocycles. The fourth-order valence-corrected chi connectivity index (χ4v) is 4.19. The van der Waals surface area contributed by atoms with Gasteiger partial charge in [0.15, 0.2) is 0 Å². The molecule has 3 rings (SSSR count). The zero-order valence-corrected chi connectivity index (χ0v) is 19.3. The molecule has 0 saturated carbocycles. The number of fused-ring (bicyclic) bond motifs is 1. The quantitative estimate of drug-likeness (QED) is 0.321. The van der Waals surface area contributed by atoms with Crippen LogP contribution in [0.2, 0.25) is 0 Å². The highest BCUT2D eigenvalue weighted by Crippen LogP contribution is 2.42. The lowest BCUT2D eigenvalue weighted by Crippen LogP contribution is -2.43. The van der Waals surface area contributed by atoms with Crippen molar-refractivity contribution in [1.82, 2.24) is 10.2 Å². The molecule has 1 saturated heterocycles. The van der Waals surface area contributed by atoms with E-state index in [1.54, 1.807) is 7.11 Å². The van der Waals surface area contributed by atoms with Gasteiger partial charge in [-0.05, 0) is 38.7 Å². The third kappa shape index (κ3) is 5.81. The Morgan fingerprint density at radius 3 is 2.75 bits per heavy atom. The van der Waals surface area contributed by atoms with E-state index in [9.17, 15) is 14.7 Å². The first-order valence-electron chi connectivity index (χ1n) is 11.2. The first-order chi connectivity index (χ1) is 15.4. The van der Waals surface area contributed by atoms with Crippen molar-refractivity contribution in [3.05, 3.63) is 33.9 Å². The summed E-state index contributed by atoms with van der Waals surface area (Å²) in [5.74, 6) is -0.232. The second-order valence-corrected chi connectivity index (χ2v) is 8.34. The molecule has 2 aliphatic rings. The molecule has 0 spiro atoms. The molecule has 1 aromatic carbocycles. The van der Waals surface area contributed by atoms with Crippen molar-refractivity contribution in [1.29, 1.82) is 0 Å². The van der Waals surface area contributed by atoms with Crippen molar-refractivity contribution in [2.24, 2.45) is 0 Å². The molecular formula is C24H34N2O6. The summed E-state index contributed by atoms with van der Waals surface area (Å²) in [5.41, 5.74) is 3.27. The first kappa shape index (κ1) is 24.1. The fraction of sp³-hybridized carbons (Fsp3) is 0.583. The molecule has 32 heavy (non-hydrogen) atoms. The van der Waals surface area contributed by atoms with Gasteiger partial charge in [0.1, 0.15) is 23.7 Å². The van der Waals surface area contributed by atoms with Gasteiger partial charge in [-0.3, -0.25) is 4.79 Å². The van der Waals surface area contributed by atoms with E-state index in [0.717, 1.165) is 50.3 Å². The molecular weight excluding hydrogens is 412 g/mol. The summed E-state index contributed by atoms with van der Waals surface area (Å²) in [4.78, 5) is 26.4. The van der Waals surface area contributed by atoms with Crippen LogP contribution in [0, 0.1) is 6.92 Å². The van der Waals surface area contributed by atoms with Crippen LogP contribution >= 0.6 is 0 Å². The lowest BCUT2D eigenvalue weighted by Gasteiger charge is -2.26. The Labute approximate surface area is 189 Å². The molecule has 0 radical (unpaired) electrons. The molecule has 1 fully saturated rings. The summed E-state index contributed by atoms with van der Waals surface area (Å²) in [6, 6.07) is 0. The number of hydrogen-bond acceptors (Lipinski definition) is 8. The number of carbonyl (C=O) groups is 2. The Balaban J connectivity index is 1.48. The van der Waals surface area contributed by atoms with E-state index in [1.165, 1.54) is 0 Å². The van der Waals surface area contributed by atoms with Crippen LogP contribution in [0.1, 0.15) is 53.2 Å². The summed E-state index contributed by atoms with van der Waals surface area (Å²) in [7, 11) is 1.55.